The predicted molar refractivity (Wildman–Crippen MR) is 73.4 cm³/mol. The van der Waals surface area contributed by atoms with Crippen molar-refractivity contribution in [1.29, 1.82) is 0 Å². The third-order valence-corrected chi connectivity index (χ3v) is 3.16. The van der Waals surface area contributed by atoms with E-state index in [1.54, 1.807) is 0 Å². The first kappa shape index (κ1) is 13.4. The molecule has 1 atom stereocenters. The van der Waals surface area contributed by atoms with Crippen molar-refractivity contribution in [3.05, 3.63) is 34.9 Å². The van der Waals surface area contributed by atoms with Crippen LogP contribution in [0.5, 0.6) is 0 Å². The fourth-order valence-corrected chi connectivity index (χ4v) is 2.30. The van der Waals surface area contributed by atoms with Gasteiger partial charge in [0.2, 0.25) is 5.91 Å². The molecule has 0 saturated carbocycles. The Morgan fingerprint density at radius 2 is 1.94 bits per heavy atom. The van der Waals surface area contributed by atoms with Crippen LogP contribution in [0.15, 0.2) is 24.3 Å². The highest BCUT2D eigenvalue weighted by Crippen LogP contribution is 2.27. The van der Waals surface area contributed by atoms with E-state index in [2.05, 4.69) is 26.1 Å². The molecule has 1 fully saturated rings. The van der Waals surface area contributed by atoms with E-state index in [-0.39, 0.29) is 17.5 Å². The van der Waals surface area contributed by atoms with Crippen LogP contribution in [0.2, 0.25) is 5.02 Å². The second-order valence-electron chi connectivity index (χ2n) is 5.92. The van der Waals surface area contributed by atoms with Gasteiger partial charge < -0.3 is 4.90 Å². The predicted octanol–water partition coefficient (Wildman–Crippen LogP) is 2.82. The minimum absolute atomic E-state index is 0.0333. The van der Waals surface area contributed by atoms with E-state index in [0.29, 0.717) is 11.6 Å². The van der Waals surface area contributed by atoms with Gasteiger partial charge in [-0.05, 0) is 23.1 Å². The van der Waals surface area contributed by atoms with Crippen LogP contribution in [0.25, 0.3) is 0 Å². The molecular weight excluding hydrogens is 248 g/mol. The first-order chi connectivity index (χ1) is 8.37. The van der Waals surface area contributed by atoms with Crippen LogP contribution >= 0.6 is 11.6 Å². The van der Waals surface area contributed by atoms with Crippen molar-refractivity contribution in [2.45, 2.75) is 26.9 Å². The van der Waals surface area contributed by atoms with Gasteiger partial charge in [0.25, 0.3) is 0 Å². The fourth-order valence-electron chi connectivity index (χ4n) is 2.17. The molecular formula is C14H19ClN2O. The van der Waals surface area contributed by atoms with Crippen molar-refractivity contribution in [2.24, 2.45) is 5.41 Å². The first-order valence-electron chi connectivity index (χ1n) is 6.15. The van der Waals surface area contributed by atoms with E-state index in [1.165, 1.54) is 0 Å². The summed E-state index contributed by atoms with van der Waals surface area (Å²) >= 11 is 5.89. The molecule has 4 heteroatoms. The molecule has 0 bridgehead atoms. The molecule has 1 heterocycles. The lowest BCUT2D eigenvalue weighted by molar-refractivity contribution is -0.129. The SMILES string of the molecule is CC(C)(C)CN1C(=O)CNC1c1ccc(Cl)cc1. The summed E-state index contributed by atoms with van der Waals surface area (Å²) in [5, 5.41) is 3.96. The van der Waals surface area contributed by atoms with Crippen molar-refractivity contribution in [3.8, 4) is 0 Å². The van der Waals surface area contributed by atoms with E-state index in [1.807, 2.05) is 29.2 Å². The van der Waals surface area contributed by atoms with E-state index in [4.69, 9.17) is 11.6 Å². The van der Waals surface area contributed by atoms with E-state index < -0.39 is 0 Å². The second-order valence-corrected chi connectivity index (χ2v) is 6.35. The zero-order valence-corrected chi connectivity index (χ0v) is 11.8. The van der Waals surface area contributed by atoms with E-state index >= 15 is 0 Å². The lowest BCUT2D eigenvalue weighted by Gasteiger charge is -2.31. The van der Waals surface area contributed by atoms with Crippen LogP contribution in [0.4, 0.5) is 0 Å². The van der Waals surface area contributed by atoms with Crippen LogP contribution in [0.1, 0.15) is 32.5 Å². The van der Waals surface area contributed by atoms with Crippen molar-refractivity contribution in [3.63, 3.8) is 0 Å². The first-order valence-corrected chi connectivity index (χ1v) is 6.53. The Morgan fingerprint density at radius 3 is 2.50 bits per heavy atom. The fraction of sp³-hybridized carbons (Fsp3) is 0.500. The van der Waals surface area contributed by atoms with E-state index in [0.717, 1.165) is 12.1 Å². The molecule has 1 aliphatic heterocycles. The van der Waals surface area contributed by atoms with Gasteiger partial charge in [-0.2, -0.15) is 0 Å². The number of benzene rings is 1. The highest BCUT2D eigenvalue weighted by Gasteiger charge is 2.33. The third-order valence-electron chi connectivity index (χ3n) is 2.91. The molecule has 3 nitrogen and oxygen atoms in total. The summed E-state index contributed by atoms with van der Waals surface area (Å²) in [7, 11) is 0. The largest absolute Gasteiger partial charge is 0.321 e. The van der Waals surface area contributed by atoms with Gasteiger partial charge >= 0.3 is 0 Å². The maximum atomic E-state index is 11.9. The average Bonchev–Trinajstić information content (AvgIpc) is 2.60. The Balaban J connectivity index is 2.21. The molecule has 0 aromatic heterocycles. The van der Waals surface area contributed by atoms with Crippen LogP contribution in [0, 0.1) is 5.41 Å². The molecule has 98 valence electrons. The van der Waals surface area contributed by atoms with Crippen molar-refractivity contribution < 1.29 is 4.79 Å². The monoisotopic (exact) mass is 266 g/mol. The van der Waals surface area contributed by atoms with Gasteiger partial charge in [-0.3, -0.25) is 10.1 Å². The number of halogens is 1. The zero-order chi connectivity index (χ0) is 13.3. The van der Waals surface area contributed by atoms with Gasteiger partial charge in [0, 0.05) is 11.6 Å². The number of nitrogens with one attached hydrogen (secondary N) is 1. The maximum Gasteiger partial charge on any atom is 0.238 e. The summed E-state index contributed by atoms with van der Waals surface area (Å²) in [5.74, 6) is 0.157. The number of carbonyl (C=O) groups excluding carboxylic acids is 1. The van der Waals surface area contributed by atoms with Gasteiger partial charge in [-0.15, -0.1) is 0 Å². The van der Waals surface area contributed by atoms with Crippen LogP contribution in [-0.4, -0.2) is 23.9 Å². The second kappa shape index (κ2) is 4.90. The lowest BCUT2D eigenvalue weighted by Crippen LogP contribution is -2.37. The van der Waals surface area contributed by atoms with Gasteiger partial charge in [0.05, 0.1) is 6.54 Å². The molecule has 18 heavy (non-hydrogen) atoms. The standard InChI is InChI=1S/C14H19ClN2O/c1-14(2,3)9-17-12(18)8-16-13(17)10-4-6-11(15)7-5-10/h4-7,13,16H,8-9H2,1-3H3. The normalized spacial score (nSPS) is 20.6. The summed E-state index contributed by atoms with van der Waals surface area (Å²) < 4.78 is 0. The Kier molecular flexibility index (Phi) is 3.64. The Hall–Kier alpha value is -1.06. The topological polar surface area (TPSA) is 32.3 Å². The van der Waals surface area contributed by atoms with Crippen LogP contribution < -0.4 is 5.32 Å². The maximum absolute atomic E-state index is 11.9. The lowest BCUT2D eigenvalue weighted by atomic mass is 9.95. The van der Waals surface area contributed by atoms with Crippen molar-refractivity contribution in [1.82, 2.24) is 10.2 Å². The molecule has 0 spiro atoms. The quantitative estimate of drug-likeness (QED) is 0.893. The molecule has 1 aromatic carbocycles. The highest BCUT2D eigenvalue weighted by molar-refractivity contribution is 6.30. The number of nitrogens with zero attached hydrogens (tertiary/aromatic N) is 1. The summed E-state index contributed by atoms with van der Waals surface area (Å²) in [6.07, 6.45) is -0.0333. The smallest absolute Gasteiger partial charge is 0.238 e. The summed E-state index contributed by atoms with van der Waals surface area (Å²) in [4.78, 5) is 13.8. The molecule has 1 amide bonds. The third kappa shape index (κ3) is 3.03. The average molecular weight is 267 g/mol. The van der Waals surface area contributed by atoms with Crippen molar-refractivity contribution >= 4 is 17.5 Å². The minimum atomic E-state index is -0.0333. The number of carbonyl (C=O) groups is 1. The molecule has 0 radical (unpaired) electrons. The van der Waals surface area contributed by atoms with E-state index in [9.17, 15) is 4.79 Å². The number of hydrogen-bond donors (Lipinski definition) is 1. The van der Waals surface area contributed by atoms with Gasteiger partial charge in [0.1, 0.15) is 6.17 Å². The molecule has 2 rings (SSSR count). The summed E-state index contributed by atoms with van der Waals surface area (Å²) in [6, 6.07) is 7.65. The molecule has 1 saturated heterocycles. The summed E-state index contributed by atoms with van der Waals surface area (Å²) in [6.45, 7) is 7.56. The summed E-state index contributed by atoms with van der Waals surface area (Å²) in [5.41, 5.74) is 1.17. The Morgan fingerprint density at radius 1 is 1.33 bits per heavy atom. The van der Waals surface area contributed by atoms with Gasteiger partial charge in [-0.25, -0.2) is 0 Å². The Bertz CT molecular complexity index is 436. The number of hydrogen-bond acceptors (Lipinski definition) is 2. The van der Waals surface area contributed by atoms with Crippen LogP contribution in [0.3, 0.4) is 0 Å². The molecule has 1 unspecified atom stereocenters. The Labute approximate surface area is 113 Å². The molecule has 0 aliphatic carbocycles. The molecule has 1 aliphatic rings. The van der Waals surface area contributed by atoms with Gasteiger partial charge in [0.15, 0.2) is 0 Å². The van der Waals surface area contributed by atoms with Crippen molar-refractivity contribution in [2.75, 3.05) is 13.1 Å². The molecule has 1 aromatic rings. The zero-order valence-electron chi connectivity index (χ0n) is 11.0. The highest BCUT2D eigenvalue weighted by atomic mass is 35.5. The number of amides is 1. The van der Waals surface area contributed by atoms with Gasteiger partial charge in [-0.1, -0.05) is 44.5 Å². The number of rotatable bonds is 2. The molecule has 1 N–H and O–H groups in total. The minimum Gasteiger partial charge on any atom is -0.321 e. The van der Waals surface area contributed by atoms with Crippen LogP contribution in [-0.2, 0) is 4.79 Å².